The summed E-state index contributed by atoms with van der Waals surface area (Å²) in [5.41, 5.74) is 6.03. The Labute approximate surface area is 119 Å². The van der Waals surface area contributed by atoms with Crippen LogP contribution in [-0.4, -0.2) is 11.7 Å². The predicted molar refractivity (Wildman–Crippen MR) is 77.7 cm³/mol. The van der Waals surface area contributed by atoms with Crippen LogP contribution in [-0.2, 0) is 11.3 Å². The summed E-state index contributed by atoms with van der Waals surface area (Å²) in [6.07, 6.45) is 0. The minimum Gasteiger partial charge on any atom is -0.398 e. The predicted octanol–water partition coefficient (Wildman–Crippen LogP) is 2.88. The van der Waals surface area contributed by atoms with Crippen molar-refractivity contribution in [2.24, 2.45) is 0 Å². The molecule has 0 fully saturated rings. The van der Waals surface area contributed by atoms with Crippen LogP contribution in [0.3, 0.4) is 0 Å². The molecular formula is C13H13FN2OS2. The van der Waals surface area contributed by atoms with Crippen molar-refractivity contribution in [2.45, 2.75) is 11.4 Å². The van der Waals surface area contributed by atoms with Crippen LogP contribution in [0.1, 0.15) is 4.88 Å². The smallest absolute Gasteiger partial charge is 0.230 e. The first-order valence-electron chi connectivity index (χ1n) is 5.62. The number of anilines is 1. The van der Waals surface area contributed by atoms with E-state index in [2.05, 4.69) is 5.32 Å². The number of halogens is 1. The summed E-state index contributed by atoms with van der Waals surface area (Å²) in [7, 11) is 0. The molecular weight excluding hydrogens is 283 g/mol. The van der Waals surface area contributed by atoms with Gasteiger partial charge in [0.15, 0.2) is 0 Å². The number of hydrogen-bond donors (Lipinski definition) is 2. The Kier molecular flexibility index (Phi) is 4.81. The van der Waals surface area contributed by atoms with E-state index in [4.69, 9.17) is 5.73 Å². The van der Waals surface area contributed by atoms with Crippen LogP contribution in [0.5, 0.6) is 0 Å². The van der Waals surface area contributed by atoms with E-state index in [-0.39, 0.29) is 17.5 Å². The fourth-order valence-corrected chi connectivity index (χ4v) is 2.87. The highest BCUT2D eigenvalue weighted by molar-refractivity contribution is 8.00. The molecule has 0 saturated heterocycles. The van der Waals surface area contributed by atoms with Gasteiger partial charge in [0.25, 0.3) is 0 Å². The average molecular weight is 296 g/mol. The molecule has 0 bridgehead atoms. The average Bonchev–Trinajstić information content (AvgIpc) is 2.88. The molecule has 100 valence electrons. The number of nitrogen functional groups attached to an aromatic ring is 1. The van der Waals surface area contributed by atoms with Gasteiger partial charge in [0, 0.05) is 15.5 Å². The first-order valence-corrected chi connectivity index (χ1v) is 7.48. The maximum atomic E-state index is 12.9. The Hall–Kier alpha value is -1.53. The largest absolute Gasteiger partial charge is 0.398 e. The fourth-order valence-electron chi connectivity index (χ4n) is 1.44. The Morgan fingerprint density at radius 3 is 2.95 bits per heavy atom. The lowest BCUT2D eigenvalue weighted by Gasteiger charge is -2.06. The van der Waals surface area contributed by atoms with Gasteiger partial charge in [-0.3, -0.25) is 4.79 Å². The van der Waals surface area contributed by atoms with Crippen molar-refractivity contribution in [3.63, 3.8) is 0 Å². The minimum absolute atomic E-state index is 0.0675. The molecule has 0 unspecified atom stereocenters. The lowest BCUT2D eigenvalue weighted by Crippen LogP contribution is -2.24. The number of benzene rings is 1. The van der Waals surface area contributed by atoms with Gasteiger partial charge in [-0.05, 0) is 29.6 Å². The molecule has 3 N–H and O–H groups in total. The van der Waals surface area contributed by atoms with Gasteiger partial charge in [-0.2, -0.15) is 0 Å². The Balaban J connectivity index is 1.80. The van der Waals surface area contributed by atoms with Gasteiger partial charge in [-0.1, -0.05) is 6.07 Å². The molecule has 19 heavy (non-hydrogen) atoms. The molecule has 0 atom stereocenters. The van der Waals surface area contributed by atoms with Crippen LogP contribution < -0.4 is 11.1 Å². The molecule has 1 heterocycles. The van der Waals surface area contributed by atoms with Crippen LogP contribution in [0.2, 0.25) is 0 Å². The first-order chi connectivity index (χ1) is 9.15. The molecule has 0 aliphatic carbocycles. The van der Waals surface area contributed by atoms with Crippen molar-refractivity contribution < 1.29 is 9.18 Å². The van der Waals surface area contributed by atoms with Crippen LogP contribution in [0.15, 0.2) is 40.6 Å². The summed E-state index contributed by atoms with van der Waals surface area (Å²) in [6, 6.07) is 8.09. The second-order valence-electron chi connectivity index (χ2n) is 3.83. The second kappa shape index (κ2) is 6.58. The molecule has 0 aliphatic heterocycles. The Bertz CT molecular complexity index is 558. The van der Waals surface area contributed by atoms with E-state index >= 15 is 0 Å². The quantitative estimate of drug-likeness (QED) is 0.659. The third-order valence-corrected chi connectivity index (χ3v) is 4.34. The topological polar surface area (TPSA) is 55.1 Å². The van der Waals surface area contributed by atoms with Gasteiger partial charge < -0.3 is 11.1 Å². The van der Waals surface area contributed by atoms with Gasteiger partial charge in [-0.25, -0.2) is 4.39 Å². The highest BCUT2D eigenvalue weighted by Gasteiger charge is 2.06. The molecule has 0 aliphatic rings. The highest BCUT2D eigenvalue weighted by Crippen LogP contribution is 2.25. The normalized spacial score (nSPS) is 10.4. The van der Waals surface area contributed by atoms with E-state index in [9.17, 15) is 9.18 Å². The van der Waals surface area contributed by atoms with Gasteiger partial charge in [0.2, 0.25) is 5.91 Å². The highest BCUT2D eigenvalue weighted by atomic mass is 32.2. The van der Waals surface area contributed by atoms with E-state index in [0.29, 0.717) is 17.1 Å². The van der Waals surface area contributed by atoms with E-state index in [1.54, 1.807) is 17.4 Å². The first kappa shape index (κ1) is 13.9. The lowest BCUT2D eigenvalue weighted by atomic mass is 10.3. The summed E-state index contributed by atoms with van der Waals surface area (Å²) in [5, 5.41) is 4.79. The van der Waals surface area contributed by atoms with Gasteiger partial charge >= 0.3 is 0 Å². The van der Waals surface area contributed by atoms with Crippen LogP contribution in [0, 0.1) is 5.82 Å². The Morgan fingerprint density at radius 1 is 1.42 bits per heavy atom. The molecule has 1 aromatic carbocycles. The maximum absolute atomic E-state index is 12.9. The van der Waals surface area contributed by atoms with E-state index in [0.717, 1.165) is 4.88 Å². The maximum Gasteiger partial charge on any atom is 0.230 e. The number of nitrogens with two attached hydrogens (primary N) is 1. The minimum atomic E-state index is -0.371. The van der Waals surface area contributed by atoms with E-state index in [1.807, 2.05) is 17.5 Å². The number of hydrogen-bond acceptors (Lipinski definition) is 4. The zero-order valence-corrected chi connectivity index (χ0v) is 11.7. The number of thiophene rings is 1. The van der Waals surface area contributed by atoms with Crippen molar-refractivity contribution in [1.82, 2.24) is 5.32 Å². The molecule has 1 amide bonds. The van der Waals surface area contributed by atoms with Crippen molar-refractivity contribution in [3.05, 3.63) is 46.4 Å². The lowest BCUT2D eigenvalue weighted by molar-refractivity contribution is -0.118. The van der Waals surface area contributed by atoms with Crippen molar-refractivity contribution in [3.8, 4) is 0 Å². The zero-order valence-electron chi connectivity index (χ0n) is 10.1. The third kappa shape index (κ3) is 4.25. The number of amides is 1. The molecule has 6 heteroatoms. The molecule has 0 radical (unpaired) electrons. The second-order valence-corrected chi connectivity index (χ2v) is 5.88. The van der Waals surface area contributed by atoms with Gasteiger partial charge in [0.05, 0.1) is 12.3 Å². The van der Waals surface area contributed by atoms with Crippen molar-refractivity contribution in [2.75, 3.05) is 11.5 Å². The van der Waals surface area contributed by atoms with E-state index in [1.165, 1.54) is 23.9 Å². The van der Waals surface area contributed by atoms with Crippen LogP contribution in [0.25, 0.3) is 0 Å². The molecule has 0 spiro atoms. The summed E-state index contributed by atoms with van der Waals surface area (Å²) < 4.78 is 12.9. The van der Waals surface area contributed by atoms with E-state index < -0.39 is 0 Å². The number of carbonyl (C=O) groups excluding carboxylic acids is 1. The van der Waals surface area contributed by atoms with Gasteiger partial charge in [-0.15, -0.1) is 23.1 Å². The van der Waals surface area contributed by atoms with Crippen molar-refractivity contribution >= 4 is 34.7 Å². The molecule has 1 aromatic heterocycles. The summed E-state index contributed by atoms with van der Waals surface area (Å²) in [5.74, 6) is -0.174. The standard InChI is InChI=1S/C13H13FN2OS2/c14-9-3-4-12(11(15)6-9)19-8-13(17)16-7-10-2-1-5-18-10/h1-6H,7-8,15H2,(H,16,17). The zero-order chi connectivity index (χ0) is 13.7. The SMILES string of the molecule is Nc1cc(F)ccc1SCC(=O)NCc1cccs1. The molecule has 3 nitrogen and oxygen atoms in total. The van der Waals surface area contributed by atoms with Crippen LogP contribution >= 0.6 is 23.1 Å². The van der Waals surface area contributed by atoms with Crippen LogP contribution in [0.4, 0.5) is 10.1 Å². The number of nitrogens with one attached hydrogen (secondary N) is 1. The summed E-state index contributed by atoms with van der Waals surface area (Å²) >= 11 is 2.90. The van der Waals surface area contributed by atoms with Crippen molar-refractivity contribution in [1.29, 1.82) is 0 Å². The third-order valence-electron chi connectivity index (χ3n) is 2.37. The number of rotatable bonds is 5. The summed E-state index contributed by atoms with van der Waals surface area (Å²) in [4.78, 5) is 13.5. The fraction of sp³-hybridized carbons (Fsp3) is 0.154. The van der Waals surface area contributed by atoms with Gasteiger partial charge in [0.1, 0.15) is 5.82 Å². The monoisotopic (exact) mass is 296 g/mol. The number of carbonyl (C=O) groups is 1. The summed E-state index contributed by atoms with van der Waals surface area (Å²) in [6.45, 7) is 0.538. The Morgan fingerprint density at radius 2 is 2.26 bits per heavy atom. The molecule has 2 rings (SSSR count). The molecule has 2 aromatic rings. The number of thioether (sulfide) groups is 1. The molecule has 0 saturated carbocycles.